The molecule has 0 heterocycles. The third-order valence-electron chi connectivity index (χ3n) is 4.70. The molecule has 0 radical (unpaired) electrons. The van der Waals surface area contributed by atoms with Gasteiger partial charge in [0, 0.05) is 40.3 Å². The number of nitrogens with zero attached hydrogens (tertiary/aromatic N) is 2. The van der Waals surface area contributed by atoms with E-state index in [-0.39, 0.29) is 35.7 Å². The van der Waals surface area contributed by atoms with E-state index >= 15 is 0 Å². The van der Waals surface area contributed by atoms with Crippen LogP contribution in [-0.2, 0) is 16.1 Å². The molecule has 0 aliphatic carbocycles. The summed E-state index contributed by atoms with van der Waals surface area (Å²) in [5.74, 6) is -0.664. The first kappa shape index (κ1) is 26.2. The van der Waals surface area contributed by atoms with Gasteiger partial charge in [-0.05, 0) is 39.0 Å². The molecule has 0 fully saturated rings. The number of carbonyl (C=O) groups is 2. The van der Waals surface area contributed by atoms with Crippen molar-refractivity contribution >= 4 is 40.7 Å². The van der Waals surface area contributed by atoms with Crippen molar-refractivity contribution in [3.05, 3.63) is 62.1 Å². The molecule has 0 bridgehead atoms. The molecule has 0 aromatic heterocycles. The zero-order valence-electron chi connectivity index (χ0n) is 18.6. The van der Waals surface area contributed by atoms with E-state index in [1.165, 1.54) is 30.2 Å². The first-order chi connectivity index (χ1) is 15.5. The summed E-state index contributed by atoms with van der Waals surface area (Å²) >= 11 is 12.5. The highest BCUT2D eigenvalue weighted by Crippen LogP contribution is 2.31. The second-order valence-electron chi connectivity index (χ2n) is 7.44. The third-order valence-corrected chi connectivity index (χ3v) is 5.41. The van der Waals surface area contributed by atoms with Crippen molar-refractivity contribution in [3.8, 4) is 11.5 Å². The molecule has 0 spiro atoms. The predicted octanol–water partition coefficient (Wildman–Crippen LogP) is 4.23. The summed E-state index contributed by atoms with van der Waals surface area (Å²) in [6, 6.07) is 7.90. The van der Waals surface area contributed by atoms with Gasteiger partial charge in [0.2, 0.25) is 11.7 Å². The fraction of sp³-hybridized carbons (Fsp3) is 0.364. The summed E-state index contributed by atoms with van der Waals surface area (Å²) in [5.41, 5.74) is 0.264. The predicted molar refractivity (Wildman–Crippen MR) is 125 cm³/mol. The van der Waals surface area contributed by atoms with E-state index < -0.39 is 23.5 Å². The van der Waals surface area contributed by atoms with Crippen LogP contribution < -0.4 is 14.8 Å². The van der Waals surface area contributed by atoms with Gasteiger partial charge in [-0.15, -0.1) is 0 Å². The molecule has 9 nitrogen and oxygen atoms in total. The number of nitrogens with one attached hydrogen (secondary N) is 1. The molecule has 1 N–H and O–H groups in total. The van der Waals surface area contributed by atoms with Crippen molar-refractivity contribution in [2.75, 3.05) is 13.7 Å². The molecule has 2 aromatic carbocycles. The van der Waals surface area contributed by atoms with Crippen LogP contribution in [-0.4, -0.2) is 47.4 Å². The van der Waals surface area contributed by atoms with Crippen LogP contribution in [0.4, 0.5) is 5.69 Å². The normalized spacial score (nSPS) is 11.6. The first-order valence-electron chi connectivity index (χ1n) is 10.0. The molecule has 0 aliphatic heterocycles. The van der Waals surface area contributed by atoms with Crippen LogP contribution in [0.15, 0.2) is 36.4 Å². The van der Waals surface area contributed by atoms with Gasteiger partial charge in [0.25, 0.3) is 5.91 Å². The summed E-state index contributed by atoms with van der Waals surface area (Å²) in [6.07, 6.45) is 0. The topological polar surface area (TPSA) is 111 Å². The van der Waals surface area contributed by atoms with Gasteiger partial charge in [-0.1, -0.05) is 29.3 Å². The van der Waals surface area contributed by atoms with E-state index in [2.05, 4.69) is 5.32 Å². The third kappa shape index (κ3) is 6.97. The lowest BCUT2D eigenvalue weighted by Crippen LogP contribution is -2.50. The molecule has 178 valence electrons. The lowest BCUT2D eigenvalue weighted by molar-refractivity contribution is -0.385. The lowest BCUT2D eigenvalue weighted by Gasteiger charge is -2.30. The van der Waals surface area contributed by atoms with Gasteiger partial charge in [0.05, 0.1) is 12.0 Å². The summed E-state index contributed by atoms with van der Waals surface area (Å²) in [5, 5.41) is 14.6. The molecule has 2 amide bonds. The van der Waals surface area contributed by atoms with Gasteiger partial charge in [-0.3, -0.25) is 19.7 Å². The number of rotatable bonds is 10. The molecule has 0 saturated carbocycles. The molecule has 11 heteroatoms. The number of hydrogen-bond donors (Lipinski definition) is 1. The minimum atomic E-state index is -0.845. The molecular weight excluding hydrogens is 473 g/mol. The summed E-state index contributed by atoms with van der Waals surface area (Å²) < 4.78 is 10.6. The van der Waals surface area contributed by atoms with Crippen LogP contribution in [0.5, 0.6) is 11.5 Å². The summed E-state index contributed by atoms with van der Waals surface area (Å²) in [6.45, 7) is 4.77. The maximum Gasteiger partial charge on any atom is 0.311 e. The zero-order chi connectivity index (χ0) is 24.7. The number of methoxy groups -OCH3 is 1. The molecule has 0 saturated heterocycles. The first-order valence-corrected chi connectivity index (χ1v) is 10.8. The standard InChI is InChI=1S/C22H25Cl2N3O6/c1-13(2)25-22(29)14(3)26(11-16-17(23)6-5-7-18(16)24)21(28)12-33-15-8-9-19(27(30)31)20(10-15)32-4/h5-10,13-14H,11-12H2,1-4H3,(H,25,29)/t14-/m1/s1. The average molecular weight is 498 g/mol. The number of benzene rings is 2. The Kier molecular flexibility index (Phi) is 9.31. The Labute approximate surface area is 201 Å². The highest BCUT2D eigenvalue weighted by atomic mass is 35.5. The molecule has 2 aromatic rings. The summed E-state index contributed by atoms with van der Waals surface area (Å²) in [7, 11) is 1.29. The van der Waals surface area contributed by atoms with Crippen molar-refractivity contribution in [2.24, 2.45) is 0 Å². The number of halogens is 2. The Balaban J connectivity index is 2.26. The van der Waals surface area contributed by atoms with Crippen LogP contribution in [0.1, 0.15) is 26.3 Å². The Bertz CT molecular complexity index is 1010. The number of nitro groups is 1. The van der Waals surface area contributed by atoms with E-state index in [0.29, 0.717) is 15.6 Å². The van der Waals surface area contributed by atoms with E-state index in [9.17, 15) is 19.7 Å². The largest absolute Gasteiger partial charge is 0.490 e. The van der Waals surface area contributed by atoms with Crippen molar-refractivity contribution in [1.29, 1.82) is 0 Å². The number of ether oxygens (including phenoxy) is 2. The van der Waals surface area contributed by atoms with Crippen molar-refractivity contribution in [3.63, 3.8) is 0 Å². The van der Waals surface area contributed by atoms with Gasteiger partial charge < -0.3 is 19.7 Å². The quantitative estimate of drug-likeness (QED) is 0.388. The molecule has 33 heavy (non-hydrogen) atoms. The zero-order valence-corrected chi connectivity index (χ0v) is 20.1. The van der Waals surface area contributed by atoms with Crippen LogP contribution >= 0.6 is 23.2 Å². The van der Waals surface area contributed by atoms with Gasteiger partial charge in [-0.25, -0.2) is 0 Å². The smallest absolute Gasteiger partial charge is 0.311 e. The van der Waals surface area contributed by atoms with E-state index in [0.717, 1.165) is 0 Å². The minimum Gasteiger partial charge on any atom is -0.490 e. The monoisotopic (exact) mass is 497 g/mol. The fourth-order valence-corrected chi connectivity index (χ4v) is 3.48. The SMILES string of the molecule is COc1cc(OCC(=O)N(Cc2c(Cl)cccc2Cl)[C@H](C)C(=O)NC(C)C)ccc1[N+](=O)[O-]. The second kappa shape index (κ2) is 11.7. The molecular formula is C22H25Cl2N3O6. The Morgan fingerprint density at radius 3 is 2.33 bits per heavy atom. The fourth-order valence-electron chi connectivity index (χ4n) is 2.97. The van der Waals surface area contributed by atoms with Gasteiger partial charge in [0.1, 0.15) is 11.8 Å². The molecule has 2 rings (SSSR count). The van der Waals surface area contributed by atoms with Crippen LogP contribution in [0.25, 0.3) is 0 Å². The number of amides is 2. The van der Waals surface area contributed by atoms with Crippen molar-refractivity contribution < 1.29 is 24.0 Å². The molecule has 0 unspecified atom stereocenters. The maximum absolute atomic E-state index is 13.1. The van der Waals surface area contributed by atoms with E-state index in [1.807, 2.05) is 13.8 Å². The lowest BCUT2D eigenvalue weighted by atomic mass is 10.1. The highest BCUT2D eigenvalue weighted by molar-refractivity contribution is 6.36. The summed E-state index contributed by atoms with van der Waals surface area (Å²) in [4.78, 5) is 37.5. The van der Waals surface area contributed by atoms with Gasteiger partial charge >= 0.3 is 5.69 Å². The minimum absolute atomic E-state index is 0.00525. The van der Waals surface area contributed by atoms with Gasteiger partial charge in [-0.2, -0.15) is 0 Å². The van der Waals surface area contributed by atoms with Crippen LogP contribution in [0.2, 0.25) is 10.0 Å². The second-order valence-corrected chi connectivity index (χ2v) is 8.25. The van der Waals surface area contributed by atoms with Crippen LogP contribution in [0.3, 0.4) is 0 Å². The Morgan fingerprint density at radius 2 is 1.79 bits per heavy atom. The highest BCUT2D eigenvalue weighted by Gasteiger charge is 2.28. The van der Waals surface area contributed by atoms with Crippen molar-refractivity contribution in [1.82, 2.24) is 10.2 Å². The average Bonchev–Trinajstić information content (AvgIpc) is 2.76. The number of carbonyl (C=O) groups excluding carboxylic acids is 2. The van der Waals surface area contributed by atoms with E-state index in [4.69, 9.17) is 32.7 Å². The van der Waals surface area contributed by atoms with E-state index in [1.54, 1.807) is 25.1 Å². The number of nitro benzene ring substituents is 1. The Morgan fingerprint density at radius 1 is 1.15 bits per heavy atom. The molecule has 1 atom stereocenters. The Hall–Kier alpha value is -3.04. The maximum atomic E-state index is 13.1. The van der Waals surface area contributed by atoms with Crippen molar-refractivity contribution in [2.45, 2.75) is 39.4 Å². The molecule has 0 aliphatic rings. The van der Waals surface area contributed by atoms with Crippen LogP contribution in [0, 0.1) is 10.1 Å². The van der Waals surface area contributed by atoms with Gasteiger partial charge in [0.15, 0.2) is 6.61 Å². The number of hydrogen-bond acceptors (Lipinski definition) is 6.